The van der Waals surface area contributed by atoms with Crippen LogP contribution in [0.5, 0.6) is 0 Å². The molecule has 2 saturated heterocycles. The second-order valence-corrected chi connectivity index (χ2v) is 6.77. The first-order chi connectivity index (χ1) is 11.6. The van der Waals surface area contributed by atoms with E-state index >= 15 is 0 Å². The molecule has 130 valence electrons. The minimum absolute atomic E-state index is 0.00771. The van der Waals surface area contributed by atoms with Crippen LogP contribution in [0.2, 0.25) is 5.02 Å². The molecular formula is C17H23ClN4O2. The van der Waals surface area contributed by atoms with Gasteiger partial charge in [0, 0.05) is 31.7 Å². The standard InChI is InChI=1S/C17H23ClN4O2/c1-19-10-12-3-2-7-21(11-12)16(23)13-4-5-14(18)15(9-13)22-8-6-20-17(22)24/h4-5,9,12,19H,2-3,6-8,10-11H2,1H3,(H,20,24). The van der Waals surface area contributed by atoms with Crippen LogP contribution in [0.15, 0.2) is 18.2 Å². The maximum absolute atomic E-state index is 12.9. The Morgan fingerprint density at radius 1 is 1.42 bits per heavy atom. The van der Waals surface area contributed by atoms with Crippen molar-refractivity contribution in [2.45, 2.75) is 12.8 Å². The topological polar surface area (TPSA) is 64.7 Å². The number of benzene rings is 1. The first-order valence-corrected chi connectivity index (χ1v) is 8.76. The molecule has 2 fully saturated rings. The highest BCUT2D eigenvalue weighted by Gasteiger charge is 2.27. The Balaban J connectivity index is 1.79. The highest BCUT2D eigenvalue weighted by molar-refractivity contribution is 6.34. The van der Waals surface area contributed by atoms with Crippen LogP contribution in [-0.2, 0) is 0 Å². The van der Waals surface area contributed by atoms with Gasteiger partial charge in [-0.05, 0) is 50.6 Å². The van der Waals surface area contributed by atoms with E-state index in [9.17, 15) is 9.59 Å². The fourth-order valence-corrected chi connectivity index (χ4v) is 3.66. The van der Waals surface area contributed by atoms with E-state index in [2.05, 4.69) is 10.6 Å². The number of anilines is 1. The monoisotopic (exact) mass is 350 g/mol. The molecule has 7 heteroatoms. The quantitative estimate of drug-likeness (QED) is 0.872. The van der Waals surface area contributed by atoms with E-state index < -0.39 is 0 Å². The Kier molecular flexibility index (Phi) is 5.26. The average Bonchev–Trinajstić information content (AvgIpc) is 3.01. The van der Waals surface area contributed by atoms with Gasteiger partial charge >= 0.3 is 6.03 Å². The van der Waals surface area contributed by atoms with E-state index in [0.717, 1.165) is 32.5 Å². The number of piperidine rings is 1. The van der Waals surface area contributed by atoms with E-state index in [4.69, 9.17) is 11.6 Å². The molecule has 24 heavy (non-hydrogen) atoms. The van der Waals surface area contributed by atoms with Crippen molar-refractivity contribution < 1.29 is 9.59 Å². The van der Waals surface area contributed by atoms with Crippen molar-refractivity contribution in [3.63, 3.8) is 0 Å². The number of likely N-dealkylation sites (tertiary alicyclic amines) is 1. The van der Waals surface area contributed by atoms with Crippen LogP contribution >= 0.6 is 11.6 Å². The maximum atomic E-state index is 12.9. The van der Waals surface area contributed by atoms with Crippen LogP contribution in [0.4, 0.5) is 10.5 Å². The summed E-state index contributed by atoms with van der Waals surface area (Å²) in [5.74, 6) is 0.497. The number of hydrogen-bond acceptors (Lipinski definition) is 3. The number of carbonyl (C=O) groups excluding carboxylic acids is 2. The Labute approximate surface area is 147 Å². The second-order valence-electron chi connectivity index (χ2n) is 6.37. The fourth-order valence-electron chi connectivity index (χ4n) is 3.44. The summed E-state index contributed by atoms with van der Waals surface area (Å²) in [4.78, 5) is 28.2. The molecule has 0 aliphatic carbocycles. The Bertz CT molecular complexity index is 635. The van der Waals surface area contributed by atoms with Gasteiger partial charge in [-0.2, -0.15) is 0 Å². The molecule has 2 aliphatic heterocycles. The van der Waals surface area contributed by atoms with Crippen LogP contribution in [0.25, 0.3) is 0 Å². The summed E-state index contributed by atoms with van der Waals surface area (Å²) in [5, 5.41) is 6.42. The summed E-state index contributed by atoms with van der Waals surface area (Å²) >= 11 is 6.24. The molecule has 0 saturated carbocycles. The van der Waals surface area contributed by atoms with Gasteiger partial charge in [0.15, 0.2) is 0 Å². The lowest BCUT2D eigenvalue weighted by Crippen LogP contribution is -2.42. The van der Waals surface area contributed by atoms with Crippen LogP contribution in [0.3, 0.4) is 0 Å². The first-order valence-electron chi connectivity index (χ1n) is 8.39. The number of hydrogen-bond donors (Lipinski definition) is 2. The normalized spacial score (nSPS) is 21.1. The Morgan fingerprint density at radius 3 is 2.96 bits per heavy atom. The van der Waals surface area contributed by atoms with E-state index in [1.165, 1.54) is 0 Å². The second kappa shape index (κ2) is 7.40. The van der Waals surface area contributed by atoms with Gasteiger partial charge < -0.3 is 15.5 Å². The fraction of sp³-hybridized carbons (Fsp3) is 0.529. The number of carbonyl (C=O) groups is 2. The van der Waals surface area contributed by atoms with Gasteiger partial charge in [0.25, 0.3) is 5.91 Å². The number of nitrogens with zero attached hydrogens (tertiary/aromatic N) is 2. The summed E-state index contributed by atoms with van der Waals surface area (Å²) < 4.78 is 0. The minimum Gasteiger partial charge on any atom is -0.338 e. The number of rotatable bonds is 4. The van der Waals surface area contributed by atoms with Crippen molar-refractivity contribution in [3.05, 3.63) is 28.8 Å². The molecule has 3 amide bonds. The molecule has 2 heterocycles. The number of nitrogens with one attached hydrogen (secondary N) is 2. The largest absolute Gasteiger partial charge is 0.338 e. The molecule has 0 spiro atoms. The van der Waals surface area contributed by atoms with Gasteiger partial charge in [-0.25, -0.2) is 4.79 Å². The highest BCUT2D eigenvalue weighted by atomic mass is 35.5. The molecule has 3 rings (SSSR count). The third-order valence-electron chi connectivity index (χ3n) is 4.64. The molecule has 6 nitrogen and oxygen atoms in total. The summed E-state index contributed by atoms with van der Waals surface area (Å²) in [7, 11) is 1.94. The van der Waals surface area contributed by atoms with Crippen molar-refractivity contribution >= 4 is 29.2 Å². The number of amides is 3. The molecule has 2 N–H and O–H groups in total. The van der Waals surface area contributed by atoms with Gasteiger partial charge in [-0.1, -0.05) is 11.6 Å². The summed E-state index contributed by atoms with van der Waals surface area (Å²) in [6.45, 7) is 3.61. The molecule has 0 bridgehead atoms. The minimum atomic E-state index is -0.173. The lowest BCUT2D eigenvalue weighted by atomic mass is 9.97. The summed E-state index contributed by atoms with van der Waals surface area (Å²) in [6, 6.07) is 5.00. The highest BCUT2D eigenvalue weighted by Crippen LogP contribution is 2.29. The number of urea groups is 1. The van der Waals surface area contributed by atoms with Crippen molar-refractivity contribution in [3.8, 4) is 0 Å². The first kappa shape index (κ1) is 17.0. The summed E-state index contributed by atoms with van der Waals surface area (Å²) in [5.41, 5.74) is 1.18. The Morgan fingerprint density at radius 2 is 2.25 bits per heavy atom. The van der Waals surface area contributed by atoms with Crippen molar-refractivity contribution in [2.75, 3.05) is 44.7 Å². The third-order valence-corrected chi connectivity index (χ3v) is 4.96. The van der Waals surface area contributed by atoms with Crippen molar-refractivity contribution in [1.82, 2.24) is 15.5 Å². The maximum Gasteiger partial charge on any atom is 0.322 e. The van der Waals surface area contributed by atoms with Gasteiger partial charge in [0.2, 0.25) is 0 Å². The zero-order valence-corrected chi connectivity index (χ0v) is 14.6. The van der Waals surface area contributed by atoms with Gasteiger partial charge in [-0.3, -0.25) is 9.69 Å². The average molecular weight is 351 g/mol. The molecule has 1 unspecified atom stereocenters. The van der Waals surface area contributed by atoms with Crippen molar-refractivity contribution in [1.29, 1.82) is 0 Å². The van der Waals surface area contributed by atoms with E-state index in [1.807, 2.05) is 11.9 Å². The Hall–Kier alpha value is -1.79. The third kappa shape index (κ3) is 3.49. The molecule has 1 aromatic carbocycles. The van der Waals surface area contributed by atoms with Crippen LogP contribution in [-0.4, -0.2) is 56.6 Å². The molecule has 1 aromatic rings. The van der Waals surface area contributed by atoms with Crippen LogP contribution in [0, 0.1) is 5.92 Å². The molecule has 0 aromatic heterocycles. The smallest absolute Gasteiger partial charge is 0.322 e. The predicted octanol–water partition coefficient (Wildman–Crippen LogP) is 1.94. The molecule has 1 atom stereocenters. The van der Waals surface area contributed by atoms with Crippen LogP contribution < -0.4 is 15.5 Å². The lowest BCUT2D eigenvalue weighted by Gasteiger charge is -2.33. The van der Waals surface area contributed by atoms with E-state index in [0.29, 0.717) is 35.3 Å². The zero-order valence-electron chi connectivity index (χ0n) is 13.8. The van der Waals surface area contributed by atoms with E-state index in [-0.39, 0.29) is 11.9 Å². The molecule has 0 radical (unpaired) electrons. The van der Waals surface area contributed by atoms with Gasteiger partial charge in [-0.15, -0.1) is 0 Å². The van der Waals surface area contributed by atoms with Gasteiger partial charge in [0.1, 0.15) is 0 Å². The summed E-state index contributed by atoms with van der Waals surface area (Å²) in [6.07, 6.45) is 2.16. The number of halogens is 1. The molecule has 2 aliphatic rings. The van der Waals surface area contributed by atoms with E-state index in [1.54, 1.807) is 23.1 Å². The van der Waals surface area contributed by atoms with Crippen LogP contribution in [0.1, 0.15) is 23.2 Å². The zero-order chi connectivity index (χ0) is 17.1. The molecular weight excluding hydrogens is 328 g/mol. The predicted molar refractivity (Wildman–Crippen MR) is 94.8 cm³/mol. The van der Waals surface area contributed by atoms with Gasteiger partial charge in [0.05, 0.1) is 10.7 Å². The lowest BCUT2D eigenvalue weighted by molar-refractivity contribution is 0.0674. The van der Waals surface area contributed by atoms with Crippen molar-refractivity contribution in [2.24, 2.45) is 5.92 Å². The SMILES string of the molecule is CNCC1CCCN(C(=O)c2ccc(Cl)c(N3CCNC3=O)c2)C1.